The van der Waals surface area contributed by atoms with Gasteiger partial charge in [-0.2, -0.15) is 0 Å². The van der Waals surface area contributed by atoms with Crippen LogP contribution in [0.5, 0.6) is 11.5 Å². The number of hydrogen-bond acceptors (Lipinski definition) is 5. The molecule has 3 aromatic carbocycles. The zero-order valence-electron chi connectivity index (χ0n) is 14.8. The normalized spacial score (nSPS) is 10.7. The van der Waals surface area contributed by atoms with E-state index in [1.54, 1.807) is 6.33 Å². The third kappa shape index (κ3) is 4.15. The van der Waals surface area contributed by atoms with Crippen molar-refractivity contribution in [2.45, 2.75) is 6.42 Å². The molecule has 0 amide bonds. The SMILES string of the molecule is Nc1ccc2ncnc(NCCc3cccc(Oc4ccccc4)c3)c2c1. The van der Waals surface area contributed by atoms with Crippen molar-refractivity contribution in [2.75, 3.05) is 17.6 Å². The summed E-state index contributed by atoms with van der Waals surface area (Å²) in [6.07, 6.45) is 2.41. The van der Waals surface area contributed by atoms with E-state index >= 15 is 0 Å². The number of nitrogens with two attached hydrogens (primary N) is 1. The van der Waals surface area contributed by atoms with Gasteiger partial charge in [-0.1, -0.05) is 30.3 Å². The van der Waals surface area contributed by atoms with Gasteiger partial charge >= 0.3 is 0 Å². The fraction of sp³-hybridized carbons (Fsp3) is 0.0909. The molecule has 1 heterocycles. The molecule has 134 valence electrons. The lowest BCUT2D eigenvalue weighted by Gasteiger charge is -2.10. The van der Waals surface area contributed by atoms with Gasteiger partial charge in [-0.15, -0.1) is 0 Å². The van der Waals surface area contributed by atoms with Gasteiger partial charge in [0.25, 0.3) is 0 Å². The van der Waals surface area contributed by atoms with Crippen LogP contribution in [-0.4, -0.2) is 16.5 Å². The molecule has 0 aliphatic rings. The quantitative estimate of drug-likeness (QED) is 0.492. The maximum absolute atomic E-state index is 5.90. The lowest BCUT2D eigenvalue weighted by molar-refractivity contribution is 0.482. The van der Waals surface area contributed by atoms with Crippen molar-refractivity contribution in [3.8, 4) is 11.5 Å². The standard InChI is InChI=1S/C22H20N4O/c23-17-9-10-21-20(14-17)22(26-15-25-21)24-12-11-16-5-4-8-19(13-16)27-18-6-2-1-3-7-18/h1-10,13-15H,11-12,23H2,(H,24,25,26). The Labute approximate surface area is 157 Å². The molecule has 0 atom stereocenters. The number of nitrogens with one attached hydrogen (secondary N) is 1. The monoisotopic (exact) mass is 356 g/mol. The molecule has 0 aliphatic carbocycles. The smallest absolute Gasteiger partial charge is 0.137 e. The minimum Gasteiger partial charge on any atom is -0.457 e. The first-order chi connectivity index (χ1) is 13.3. The molecule has 3 N–H and O–H groups in total. The number of para-hydroxylation sites is 1. The molecule has 5 nitrogen and oxygen atoms in total. The van der Waals surface area contributed by atoms with Crippen LogP contribution >= 0.6 is 0 Å². The molecule has 4 aromatic rings. The summed E-state index contributed by atoms with van der Waals surface area (Å²) < 4.78 is 5.90. The molecule has 0 spiro atoms. The highest BCUT2D eigenvalue weighted by Gasteiger charge is 2.04. The molecule has 0 unspecified atom stereocenters. The first kappa shape index (κ1) is 16.8. The van der Waals surface area contributed by atoms with Gasteiger partial charge < -0.3 is 15.8 Å². The first-order valence-electron chi connectivity index (χ1n) is 8.84. The van der Waals surface area contributed by atoms with Gasteiger partial charge in [-0.05, 0) is 54.4 Å². The first-order valence-corrected chi connectivity index (χ1v) is 8.84. The highest BCUT2D eigenvalue weighted by molar-refractivity contribution is 5.91. The summed E-state index contributed by atoms with van der Waals surface area (Å²) in [7, 11) is 0. The number of benzene rings is 3. The molecule has 5 heteroatoms. The number of fused-ring (bicyclic) bond motifs is 1. The summed E-state index contributed by atoms with van der Waals surface area (Å²) in [4.78, 5) is 8.63. The molecule has 4 rings (SSSR count). The topological polar surface area (TPSA) is 73.1 Å². The van der Waals surface area contributed by atoms with Crippen LogP contribution in [0.4, 0.5) is 11.5 Å². The van der Waals surface area contributed by atoms with E-state index in [4.69, 9.17) is 10.5 Å². The van der Waals surface area contributed by atoms with Crippen LogP contribution in [-0.2, 0) is 6.42 Å². The van der Waals surface area contributed by atoms with Crippen molar-refractivity contribution in [3.05, 3.63) is 84.7 Å². The molecule has 0 bridgehead atoms. The fourth-order valence-corrected chi connectivity index (χ4v) is 2.93. The van der Waals surface area contributed by atoms with E-state index in [-0.39, 0.29) is 0 Å². The summed E-state index contributed by atoms with van der Waals surface area (Å²) in [5.74, 6) is 2.46. The minimum absolute atomic E-state index is 0.700. The van der Waals surface area contributed by atoms with Crippen LogP contribution in [0.15, 0.2) is 79.1 Å². The minimum atomic E-state index is 0.700. The largest absolute Gasteiger partial charge is 0.457 e. The predicted molar refractivity (Wildman–Crippen MR) is 109 cm³/mol. The van der Waals surface area contributed by atoms with Crippen LogP contribution in [0.1, 0.15) is 5.56 Å². The van der Waals surface area contributed by atoms with Crippen molar-refractivity contribution < 1.29 is 4.74 Å². The second kappa shape index (κ2) is 7.74. The number of nitrogens with zero attached hydrogens (tertiary/aromatic N) is 2. The highest BCUT2D eigenvalue weighted by atomic mass is 16.5. The van der Waals surface area contributed by atoms with Crippen LogP contribution in [0.25, 0.3) is 10.9 Å². The molecule has 0 aliphatic heterocycles. The molecule has 0 saturated carbocycles. The van der Waals surface area contributed by atoms with Crippen LogP contribution < -0.4 is 15.8 Å². The Morgan fingerprint density at radius 2 is 1.70 bits per heavy atom. The van der Waals surface area contributed by atoms with E-state index < -0.39 is 0 Å². The molecule has 0 fully saturated rings. The van der Waals surface area contributed by atoms with Gasteiger partial charge in [0.1, 0.15) is 23.6 Å². The Morgan fingerprint density at radius 3 is 2.59 bits per heavy atom. The molecule has 1 aromatic heterocycles. The second-order valence-corrected chi connectivity index (χ2v) is 6.24. The van der Waals surface area contributed by atoms with Gasteiger partial charge in [0, 0.05) is 17.6 Å². The van der Waals surface area contributed by atoms with Gasteiger partial charge in [-0.25, -0.2) is 9.97 Å². The molecular formula is C22H20N4O. The van der Waals surface area contributed by atoms with Crippen LogP contribution in [0.2, 0.25) is 0 Å². The summed E-state index contributed by atoms with van der Waals surface area (Å²) in [6, 6.07) is 23.5. The number of aromatic nitrogens is 2. The van der Waals surface area contributed by atoms with E-state index in [0.717, 1.165) is 41.2 Å². The van der Waals surface area contributed by atoms with Gasteiger partial charge in [-0.3, -0.25) is 0 Å². The Kier molecular flexibility index (Phi) is 4.83. The molecule has 0 saturated heterocycles. The summed E-state index contributed by atoms with van der Waals surface area (Å²) in [5.41, 5.74) is 8.66. The summed E-state index contributed by atoms with van der Waals surface area (Å²) in [5, 5.41) is 4.31. The van der Waals surface area contributed by atoms with Crippen molar-refractivity contribution in [3.63, 3.8) is 0 Å². The average molecular weight is 356 g/mol. The second-order valence-electron chi connectivity index (χ2n) is 6.24. The van der Waals surface area contributed by atoms with Crippen molar-refractivity contribution in [2.24, 2.45) is 0 Å². The Hall–Kier alpha value is -3.60. The number of hydrogen-bond donors (Lipinski definition) is 2. The molecular weight excluding hydrogens is 336 g/mol. The zero-order valence-corrected chi connectivity index (χ0v) is 14.8. The summed E-state index contributed by atoms with van der Waals surface area (Å²) in [6.45, 7) is 0.746. The van der Waals surface area contributed by atoms with E-state index in [1.165, 1.54) is 5.56 Å². The van der Waals surface area contributed by atoms with E-state index in [9.17, 15) is 0 Å². The lowest BCUT2D eigenvalue weighted by atomic mass is 10.1. The third-order valence-electron chi connectivity index (χ3n) is 4.24. The van der Waals surface area contributed by atoms with E-state index in [2.05, 4.69) is 27.4 Å². The summed E-state index contributed by atoms with van der Waals surface area (Å²) >= 11 is 0. The Balaban J connectivity index is 1.42. The van der Waals surface area contributed by atoms with E-state index in [1.807, 2.05) is 60.7 Å². The van der Waals surface area contributed by atoms with Crippen LogP contribution in [0.3, 0.4) is 0 Å². The average Bonchev–Trinajstić information content (AvgIpc) is 2.69. The van der Waals surface area contributed by atoms with Crippen LogP contribution in [0, 0.1) is 0 Å². The van der Waals surface area contributed by atoms with Gasteiger partial charge in [0.15, 0.2) is 0 Å². The maximum atomic E-state index is 5.90. The predicted octanol–water partition coefficient (Wildman–Crippen LogP) is 4.66. The van der Waals surface area contributed by atoms with Crippen molar-refractivity contribution in [1.29, 1.82) is 0 Å². The maximum Gasteiger partial charge on any atom is 0.137 e. The molecule has 0 radical (unpaired) electrons. The number of rotatable bonds is 6. The number of ether oxygens (including phenoxy) is 1. The van der Waals surface area contributed by atoms with Crippen molar-refractivity contribution in [1.82, 2.24) is 9.97 Å². The number of anilines is 2. The zero-order chi connectivity index (χ0) is 18.5. The Morgan fingerprint density at radius 1 is 0.852 bits per heavy atom. The van der Waals surface area contributed by atoms with Crippen molar-refractivity contribution >= 4 is 22.4 Å². The number of nitrogen functional groups attached to an aromatic ring is 1. The fourth-order valence-electron chi connectivity index (χ4n) is 2.93. The Bertz CT molecular complexity index is 1050. The lowest BCUT2D eigenvalue weighted by Crippen LogP contribution is -2.07. The van der Waals surface area contributed by atoms with Gasteiger partial charge in [0.05, 0.1) is 5.52 Å². The van der Waals surface area contributed by atoms with E-state index in [0.29, 0.717) is 5.69 Å². The highest BCUT2D eigenvalue weighted by Crippen LogP contribution is 2.23. The van der Waals surface area contributed by atoms with Gasteiger partial charge in [0.2, 0.25) is 0 Å². The molecule has 27 heavy (non-hydrogen) atoms. The third-order valence-corrected chi connectivity index (χ3v) is 4.24.